The molecule has 0 radical (unpaired) electrons. The van der Waals surface area contributed by atoms with Crippen LogP contribution in [0.1, 0.15) is 37.7 Å². The van der Waals surface area contributed by atoms with Crippen LogP contribution in [0.25, 0.3) is 22.0 Å². The van der Waals surface area contributed by atoms with Crippen LogP contribution in [0.15, 0.2) is 85.1 Å². The van der Waals surface area contributed by atoms with Gasteiger partial charge in [-0.2, -0.15) is 0 Å². The molecule has 0 saturated carbocycles. The van der Waals surface area contributed by atoms with Crippen molar-refractivity contribution in [1.82, 2.24) is 10.5 Å². The number of aromatic nitrogens is 1. The number of carbonyl (C=O) groups is 2. The van der Waals surface area contributed by atoms with Crippen LogP contribution in [0.2, 0.25) is 0 Å². The van der Waals surface area contributed by atoms with Gasteiger partial charge in [-0.3, -0.25) is 14.8 Å². The number of benzene rings is 3. The molecule has 180 valence electrons. The first-order valence-corrected chi connectivity index (χ1v) is 12.1. The van der Waals surface area contributed by atoms with Crippen LogP contribution in [0.5, 0.6) is 0 Å². The molecule has 0 aliphatic heterocycles. The van der Waals surface area contributed by atoms with Gasteiger partial charge in [0, 0.05) is 30.4 Å². The molecule has 4 rings (SSSR count). The van der Waals surface area contributed by atoms with Crippen molar-refractivity contribution >= 4 is 28.4 Å². The maximum absolute atomic E-state index is 13.3. The molecule has 0 bridgehead atoms. The molecule has 1 heterocycles. The molecule has 6 heteroatoms. The first-order valence-electron chi connectivity index (χ1n) is 12.1. The number of nitrogens with zero attached hydrogens (tertiary/aromatic N) is 1. The summed E-state index contributed by atoms with van der Waals surface area (Å²) in [5, 5.41) is 9.78. The fraction of sp³-hybridized carbons (Fsp3) is 0.241. The normalized spacial score (nSPS) is 10.9. The minimum atomic E-state index is -0.361. The fourth-order valence-electron chi connectivity index (χ4n) is 4.29. The molecule has 0 aliphatic carbocycles. The lowest BCUT2D eigenvalue weighted by Gasteiger charge is -2.23. The van der Waals surface area contributed by atoms with Gasteiger partial charge in [0.2, 0.25) is 11.8 Å². The highest BCUT2D eigenvalue weighted by Gasteiger charge is 2.16. The summed E-state index contributed by atoms with van der Waals surface area (Å²) >= 11 is 0. The van der Waals surface area contributed by atoms with E-state index in [-0.39, 0.29) is 11.8 Å². The first kappa shape index (κ1) is 24.2. The molecule has 3 N–H and O–H groups in total. The summed E-state index contributed by atoms with van der Waals surface area (Å²) in [7, 11) is 0. The summed E-state index contributed by atoms with van der Waals surface area (Å²) in [5.41, 5.74) is 6.87. The minimum absolute atomic E-state index is 0.0661. The monoisotopic (exact) mass is 469 g/mol. The summed E-state index contributed by atoms with van der Waals surface area (Å²) < 4.78 is 0. The number of aromatic amines is 1. The quantitative estimate of drug-likeness (QED) is 0.146. The van der Waals surface area contributed by atoms with Gasteiger partial charge >= 0.3 is 0 Å². The Morgan fingerprint density at radius 2 is 1.57 bits per heavy atom. The maximum atomic E-state index is 13.3. The lowest BCUT2D eigenvalue weighted by molar-refractivity contribution is -0.129. The third-order valence-electron chi connectivity index (χ3n) is 6.23. The Hall–Kier alpha value is -3.90. The third-order valence-corrected chi connectivity index (χ3v) is 6.23. The van der Waals surface area contributed by atoms with Gasteiger partial charge in [0.05, 0.1) is 6.42 Å². The lowest BCUT2D eigenvalue weighted by Crippen LogP contribution is -2.33. The van der Waals surface area contributed by atoms with Crippen molar-refractivity contribution in [2.75, 3.05) is 11.4 Å². The van der Waals surface area contributed by atoms with Crippen molar-refractivity contribution in [2.45, 2.75) is 38.5 Å². The van der Waals surface area contributed by atoms with Crippen molar-refractivity contribution in [2.24, 2.45) is 0 Å². The second-order valence-electron chi connectivity index (χ2n) is 8.73. The zero-order chi connectivity index (χ0) is 24.5. The third kappa shape index (κ3) is 6.58. The Morgan fingerprint density at radius 3 is 2.34 bits per heavy atom. The van der Waals surface area contributed by atoms with Gasteiger partial charge in [-0.25, -0.2) is 5.48 Å². The highest BCUT2D eigenvalue weighted by Crippen LogP contribution is 2.27. The maximum Gasteiger partial charge on any atom is 0.243 e. The molecule has 6 nitrogen and oxygen atoms in total. The number of unbranched alkanes of at least 4 members (excludes halogenated alkanes) is 3. The first-order chi connectivity index (χ1) is 17.1. The van der Waals surface area contributed by atoms with Crippen molar-refractivity contribution in [3.05, 3.63) is 90.6 Å². The van der Waals surface area contributed by atoms with Crippen LogP contribution >= 0.6 is 0 Å². The fourth-order valence-corrected chi connectivity index (χ4v) is 4.29. The van der Waals surface area contributed by atoms with Crippen molar-refractivity contribution in [3.63, 3.8) is 0 Å². The molecule has 4 aromatic rings. The molecule has 0 atom stereocenters. The van der Waals surface area contributed by atoms with Gasteiger partial charge in [-0.15, -0.1) is 0 Å². The lowest BCUT2D eigenvalue weighted by atomic mass is 10.0. The molecule has 0 saturated heterocycles. The van der Waals surface area contributed by atoms with Crippen LogP contribution in [0.4, 0.5) is 5.69 Å². The van der Waals surface area contributed by atoms with Crippen molar-refractivity contribution in [3.8, 4) is 11.1 Å². The predicted octanol–water partition coefficient (Wildman–Crippen LogP) is 5.87. The average molecular weight is 470 g/mol. The summed E-state index contributed by atoms with van der Waals surface area (Å²) in [6, 6.07) is 26.4. The molecule has 1 aromatic heterocycles. The molecule has 0 unspecified atom stereocenters. The Kier molecular flexibility index (Phi) is 8.30. The van der Waals surface area contributed by atoms with Gasteiger partial charge in [0.1, 0.15) is 0 Å². The molecule has 0 aliphatic rings. The number of amides is 2. The predicted molar refractivity (Wildman–Crippen MR) is 139 cm³/mol. The number of H-pyrrole nitrogens is 1. The zero-order valence-corrected chi connectivity index (χ0v) is 19.7. The van der Waals surface area contributed by atoms with E-state index in [1.54, 1.807) is 5.48 Å². The molecule has 35 heavy (non-hydrogen) atoms. The largest absolute Gasteiger partial charge is 0.361 e. The van der Waals surface area contributed by atoms with Crippen LogP contribution in [-0.4, -0.2) is 28.6 Å². The molecular weight excluding hydrogens is 438 g/mol. The summed E-state index contributed by atoms with van der Waals surface area (Å²) in [6.07, 6.45) is 5.92. The number of hydrogen-bond acceptors (Lipinski definition) is 3. The van der Waals surface area contributed by atoms with Crippen molar-refractivity contribution < 1.29 is 14.8 Å². The Labute approximate surface area is 205 Å². The van der Waals surface area contributed by atoms with E-state index in [1.807, 2.05) is 53.6 Å². The SMILES string of the molecule is O=C(CCCCCCN(C(=O)Cc1ccccc1)c1ccc(-c2ccc3cc[nH]c3c2)cc1)NO. The summed E-state index contributed by atoms with van der Waals surface area (Å²) in [5.74, 6) is -0.295. The standard InChI is InChI=1S/C29H31N3O3/c33-28(31-35)10-6-1-2-7-19-32(29(34)20-22-8-4-3-5-9-22)26-15-13-23(14-16-26)25-12-11-24-17-18-30-27(24)21-25/h3-5,8-9,11-18,21,30,35H,1-2,6-7,10,19-20H2,(H,31,33). The van der Waals surface area contributed by atoms with E-state index >= 15 is 0 Å². The van der Waals surface area contributed by atoms with E-state index in [0.29, 0.717) is 25.8 Å². The Balaban J connectivity index is 1.44. The molecule has 2 amide bonds. The number of fused-ring (bicyclic) bond motifs is 1. The molecular formula is C29H31N3O3. The van der Waals surface area contributed by atoms with Gasteiger partial charge in [-0.1, -0.05) is 67.4 Å². The highest BCUT2D eigenvalue weighted by molar-refractivity contribution is 5.95. The van der Waals surface area contributed by atoms with E-state index in [9.17, 15) is 9.59 Å². The molecule has 0 fully saturated rings. The van der Waals surface area contributed by atoms with E-state index < -0.39 is 0 Å². The van der Waals surface area contributed by atoms with Gasteiger partial charge in [-0.05, 0) is 59.2 Å². The summed E-state index contributed by atoms with van der Waals surface area (Å²) in [4.78, 5) is 29.6. The van der Waals surface area contributed by atoms with Crippen LogP contribution < -0.4 is 10.4 Å². The van der Waals surface area contributed by atoms with E-state index in [4.69, 9.17) is 5.21 Å². The van der Waals surface area contributed by atoms with Gasteiger partial charge in [0.25, 0.3) is 0 Å². The second-order valence-corrected chi connectivity index (χ2v) is 8.73. The number of carbonyl (C=O) groups excluding carboxylic acids is 2. The Morgan fingerprint density at radius 1 is 0.829 bits per heavy atom. The number of hydroxylamine groups is 1. The topological polar surface area (TPSA) is 85.4 Å². The smallest absolute Gasteiger partial charge is 0.243 e. The van der Waals surface area contributed by atoms with Crippen LogP contribution in [-0.2, 0) is 16.0 Å². The minimum Gasteiger partial charge on any atom is -0.361 e. The number of anilines is 1. The zero-order valence-electron chi connectivity index (χ0n) is 19.7. The van der Waals surface area contributed by atoms with Crippen LogP contribution in [0.3, 0.4) is 0 Å². The highest BCUT2D eigenvalue weighted by atomic mass is 16.5. The molecule has 3 aromatic carbocycles. The van der Waals surface area contributed by atoms with Crippen LogP contribution in [0, 0.1) is 0 Å². The van der Waals surface area contributed by atoms with Crippen molar-refractivity contribution in [1.29, 1.82) is 0 Å². The number of hydrogen-bond donors (Lipinski definition) is 3. The molecule has 0 spiro atoms. The second kappa shape index (κ2) is 12.0. The average Bonchev–Trinajstić information content (AvgIpc) is 3.37. The van der Waals surface area contributed by atoms with E-state index in [2.05, 4.69) is 41.4 Å². The summed E-state index contributed by atoms with van der Waals surface area (Å²) in [6.45, 7) is 0.617. The number of rotatable bonds is 11. The van der Waals surface area contributed by atoms with Gasteiger partial charge in [0.15, 0.2) is 0 Å². The van der Waals surface area contributed by atoms with E-state index in [0.717, 1.165) is 47.2 Å². The Bertz CT molecular complexity index is 1250. The number of nitrogens with one attached hydrogen (secondary N) is 2. The van der Waals surface area contributed by atoms with E-state index in [1.165, 1.54) is 5.39 Å². The van der Waals surface area contributed by atoms with Gasteiger partial charge < -0.3 is 9.88 Å².